The molecule has 1 unspecified atom stereocenters. The number of anilines is 1. The molecule has 0 aliphatic carbocycles. The summed E-state index contributed by atoms with van der Waals surface area (Å²) in [5, 5.41) is 0. The predicted octanol–water partition coefficient (Wildman–Crippen LogP) is 2.17. The molecule has 4 nitrogen and oxygen atoms in total. The largest absolute Gasteiger partial charge is 0.384 e. The summed E-state index contributed by atoms with van der Waals surface area (Å²) in [6.07, 6.45) is 2.66. The SMILES string of the molecule is CC(C)(C)C1CCN(C(=O)c2ccnc(N)c2)C1. The lowest BCUT2D eigenvalue weighted by Gasteiger charge is -2.27. The summed E-state index contributed by atoms with van der Waals surface area (Å²) < 4.78 is 0. The third-order valence-corrected chi connectivity index (χ3v) is 3.73. The first-order valence-corrected chi connectivity index (χ1v) is 6.39. The van der Waals surface area contributed by atoms with Gasteiger partial charge in [0, 0.05) is 24.8 Å². The van der Waals surface area contributed by atoms with Crippen molar-refractivity contribution in [2.45, 2.75) is 27.2 Å². The van der Waals surface area contributed by atoms with Crippen molar-refractivity contribution in [2.75, 3.05) is 18.8 Å². The summed E-state index contributed by atoms with van der Waals surface area (Å²) in [7, 11) is 0. The zero-order valence-corrected chi connectivity index (χ0v) is 11.3. The van der Waals surface area contributed by atoms with Crippen molar-refractivity contribution in [2.24, 2.45) is 11.3 Å². The minimum absolute atomic E-state index is 0.0656. The molecule has 0 aromatic carbocycles. The summed E-state index contributed by atoms with van der Waals surface area (Å²) >= 11 is 0. The summed E-state index contributed by atoms with van der Waals surface area (Å²) in [6, 6.07) is 3.37. The van der Waals surface area contributed by atoms with Gasteiger partial charge >= 0.3 is 0 Å². The Balaban J connectivity index is 2.08. The monoisotopic (exact) mass is 247 g/mol. The number of hydrogen-bond donors (Lipinski definition) is 1. The third-order valence-electron chi connectivity index (χ3n) is 3.73. The fourth-order valence-electron chi connectivity index (χ4n) is 2.42. The topological polar surface area (TPSA) is 59.2 Å². The van der Waals surface area contributed by atoms with Gasteiger partial charge in [-0.25, -0.2) is 4.98 Å². The van der Waals surface area contributed by atoms with E-state index in [0.717, 1.165) is 19.5 Å². The van der Waals surface area contributed by atoms with Crippen LogP contribution in [-0.2, 0) is 0 Å². The molecule has 1 atom stereocenters. The molecule has 98 valence electrons. The van der Waals surface area contributed by atoms with Crippen LogP contribution in [0.2, 0.25) is 0 Å². The molecule has 2 rings (SSSR count). The van der Waals surface area contributed by atoms with Gasteiger partial charge in [-0.15, -0.1) is 0 Å². The Bertz CT molecular complexity index is 451. The number of nitrogens with zero attached hydrogens (tertiary/aromatic N) is 2. The first-order chi connectivity index (χ1) is 8.38. The van der Waals surface area contributed by atoms with E-state index in [0.29, 0.717) is 17.3 Å². The number of carbonyl (C=O) groups is 1. The van der Waals surface area contributed by atoms with Crippen LogP contribution >= 0.6 is 0 Å². The lowest BCUT2D eigenvalue weighted by Crippen LogP contribution is -2.31. The fraction of sp³-hybridized carbons (Fsp3) is 0.571. The molecule has 1 amide bonds. The predicted molar refractivity (Wildman–Crippen MR) is 72.1 cm³/mol. The number of hydrogen-bond acceptors (Lipinski definition) is 3. The highest BCUT2D eigenvalue weighted by atomic mass is 16.2. The van der Waals surface area contributed by atoms with Crippen molar-refractivity contribution in [1.29, 1.82) is 0 Å². The van der Waals surface area contributed by atoms with Gasteiger partial charge in [0.15, 0.2) is 0 Å². The van der Waals surface area contributed by atoms with E-state index in [9.17, 15) is 4.79 Å². The van der Waals surface area contributed by atoms with Gasteiger partial charge in [0.05, 0.1) is 0 Å². The molecule has 1 fully saturated rings. The Kier molecular flexibility index (Phi) is 3.28. The number of carbonyl (C=O) groups excluding carboxylic acids is 1. The Morgan fingerprint density at radius 1 is 1.50 bits per heavy atom. The van der Waals surface area contributed by atoms with E-state index in [1.165, 1.54) is 0 Å². The van der Waals surface area contributed by atoms with Crippen molar-refractivity contribution in [3.05, 3.63) is 23.9 Å². The Morgan fingerprint density at radius 3 is 2.78 bits per heavy atom. The maximum atomic E-state index is 12.3. The molecule has 0 saturated carbocycles. The number of aromatic nitrogens is 1. The van der Waals surface area contributed by atoms with Crippen molar-refractivity contribution in [3.63, 3.8) is 0 Å². The Labute approximate surface area is 108 Å². The zero-order chi connectivity index (χ0) is 13.3. The number of nitrogen functional groups attached to an aromatic ring is 1. The van der Waals surface area contributed by atoms with E-state index in [-0.39, 0.29) is 11.3 Å². The molecule has 1 saturated heterocycles. The zero-order valence-electron chi connectivity index (χ0n) is 11.3. The Hall–Kier alpha value is -1.58. The quantitative estimate of drug-likeness (QED) is 0.827. The van der Waals surface area contributed by atoms with Gasteiger partial charge in [0.25, 0.3) is 5.91 Å². The minimum atomic E-state index is 0.0656. The molecular weight excluding hydrogens is 226 g/mol. The summed E-state index contributed by atoms with van der Waals surface area (Å²) in [6.45, 7) is 8.37. The second kappa shape index (κ2) is 4.59. The van der Waals surface area contributed by atoms with E-state index in [4.69, 9.17) is 5.73 Å². The van der Waals surface area contributed by atoms with Crippen LogP contribution in [0.1, 0.15) is 37.6 Å². The second-order valence-corrected chi connectivity index (χ2v) is 6.07. The molecule has 1 aromatic rings. The van der Waals surface area contributed by atoms with Crippen LogP contribution in [-0.4, -0.2) is 28.9 Å². The normalized spacial score (nSPS) is 20.2. The molecule has 2 heterocycles. The smallest absolute Gasteiger partial charge is 0.254 e. The van der Waals surface area contributed by atoms with E-state index < -0.39 is 0 Å². The molecule has 2 N–H and O–H groups in total. The van der Waals surface area contributed by atoms with Crippen molar-refractivity contribution < 1.29 is 4.79 Å². The van der Waals surface area contributed by atoms with Crippen LogP contribution in [0.15, 0.2) is 18.3 Å². The van der Waals surface area contributed by atoms with Gasteiger partial charge in [0.1, 0.15) is 5.82 Å². The molecule has 4 heteroatoms. The molecular formula is C14H21N3O. The van der Waals surface area contributed by atoms with Crippen molar-refractivity contribution >= 4 is 11.7 Å². The standard InChI is InChI=1S/C14H21N3O/c1-14(2,3)11-5-7-17(9-11)13(18)10-4-6-16-12(15)8-10/h4,6,8,11H,5,7,9H2,1-3H3,(H2,15,16). The lowest BCUT2D eigenvalue weighted by atomic mass is 9.80. The molecule has 1 aliphatic heterocycles. The van der Waals surface area contributed by atoms with E-state index in [1.54, 1.807) is 18.3 Å². The lowest BCUT2D eigenvalue weighted by molar-refractivity contribution is 0.0776. The molecule has 0 spiro atoms. The fourth-order valence-corrected chi connectivity index (χ4v) is 2.42. The van der Waals surface area contributed by atoms with Crippen LogP contribution in [0.3, 0.4) is 0 Å². The highest BCUT2D eigenvalue weighted by molar-refractivity contribution is 5.94. The maximum absolute atomic E-state index is 12.3. The molecule has 0 bridgehead atoms. The molecule has 0 radical (unpaired) electrons. The van der Waals surface area contributed by atoms with Gasteiger partial charge in [-0.1, -0.05) is 20.8 Å². The summed E-state index contributed by atoms with van der Waals surface area (Å²) in [5.74, 6) is 1.03. The third kappa shape index (κ3) is 2.63. The average molecular weight is 247 g/mol. The molecule has 1 aromatic heterocycles. The average Bonchev–Trinajstić information content (AvgIpc) is 2.77. The Morgan fingerprint density at radius 2 is 2.22 bits per heavy atom. The van der Waals surface area contributed by atoms with Crippen LogP contribution in [0.25, 0.3) is 0 Å². The van der Waals surface area contributed by atoms with Crippen LogP contribution in [0.5, 0.6) is 0 Å². The number of likely N-dealkylation sites (tertiary alicyclic amines) is 1. The highest BCUT2D eigenvalue weighted by Gasteiger charge is 2.34. The van der Waals surface area contributed by atoms with E-state index in [2.05, 4.69) is 25.8 Å². The number of rotatable bonds is 1. The summed E-state index contributed by atoms with van der Waals surface area (Å²) in [4.78, 5) is 18.1. The molecule has 1 aliphatic rings. The van der Waals surface area contributed by atoms with Gasteiger partial charge in [-0.05, 0) is 29.9 Å². The summed E-state index contributed by atoms with van der Waals surface area (Å²) in [5.41, 5.74) is 6.50. The van der Waals surface area contributed by atoms with Gasteiger partial charge in [-0.3, -0.25) is 4.79 Å². The molecule has 18 heavy (non-hydrogen) atoms. The second-order valence-electron chi connectivity index (χ2n) is 6.07. The van der Waals surface area contributed by atoms with Crippen LogP contribution in [0, 0.1) is 11.3 Å². The van der Waals surface area contributed by atoms with Gasteiger partial charge < -0.3 is 10.6 Å². The van der Waals surface area contributed by atoms with Crippen molar-refractivity contribution in [3.8, 4) is 0 Å². The van der Waals surface area contributed by atoms with Crippen LogP contribution < -0.4 is 5.73 Å². The van der Waals surface area contributed by atoms with E-state index in [1.807, 2.05) is 4.90 Å². The van der Waals surface area contributed by atoms with Crippen molar-refractivity contribution in [1.82, 2.24) is 9.88 Å². The number of amides is 1. The van der Waals surface area contributed by atoms with E-state index >= 15 is 0 Å². The first kappa shape index (κ1) is 12.9. The van der Waals surface area contributed by atoms with Crippen LogP contribution in [0.4, 0.5) is 5.82 Å². The van der Waals surface area contributed by atoms with Gasteiger partial charge in [-0.2, -0.15) is 0 Å². The number of pyridine rings is 1. The maximum Gasteiger partial charge on any atom is 0.254 e. The number of nitrogens with two attached hydrogens (primary N) is 1. The van der Waals surface area contributed by atoms with Gasteiger partial charge in [0.2, 0.25) is 0 Å². The minimum Gasteiger partial charge on any atom is -0.384 e. The highest BCUT2D eigenvalue weighted by Crippen LogP contribution is 2.34. The first-order valence-electron chi connectivity index (χ1n) is 6.39.